The minimum Gasteiger partial charge on any atom is -0.462 e. The normalized spacial score (nSPS) is 33.7. The molecule has 0 aromatic rings. The van der Waals surface area contributed by atoms with Crippen molar-refractivity contribution < 1.29 is 24.1 Å². The number of aliphatic hydroxyl groups is 1. The van der Waals surface area contributed by atoms with Crippen molar-refractivity contribution in [2.24, 2.45) is 0 Å². The van der Waals surface area contributed by atoms with Crippen LogP contribution in [-0.2, 0) is 19.0 Å². The van der Waals surface area contributed by atoms with Gasteiger partial charge in [0.2, 0.25) is 0 Å². The first-order valence-electron chi connectivity index (χ1n) is 6.14. The summed E-state index contributed by atoms with van der Waals surface area (Å²) in [4.78, 5) is 10.9. The predicted molar refractivity (Wildman–Crippen MR) is 59.3 cm³/mol. The third-order valence-corrected chi connectivity index (χ3v) is 3.11. The second-order valence-corrected chi connectivity index (χ2v) is 5.23. The Morgan fingerprint density at radius 1 is 1.41 bits per heavy atom. The van der Waals surface area contributed by atoms with E-state index in [4.69, 9.17) is 14.2 Å². The second kappa shape index (κ2) is 4.92. The van der Waals surface area contributed by atoms with E-state index in [1.54, 1.807) is 0 Å². The molecule has 2 aliphatic rings. The maximum atomic E-state index is 10.9. The van der Waals surface area contributed by atoms with Gasteiger partial charge >= 0.3 is 5.97 Å². The molecular weight excluding hydrogens is 224 g/mol. The van der Waals surface area contributed by atoms with Crippen LogP contribution >= 0.6 is 0 Å². The van der Waals surface area contributed by atoms with Gasteiger partial charge in [-0.25, -0.2) is 0 Å². The van der Waals surface area contributed by atoms with Crippen LogP contribution in [0.2, 0.25) is 0 Å². The first-order valence-corrected chi connectivity index (χ1v) is 6.14. The molecule has 2 rings (SSSR count). The maximum absolute atomic E-state index is 10.9. The number of carbonyl (C=O) groups is 1. The van der Waals surface area contributed by atoms with Gasteiger partial charge in [0.15, 0.2) is 5.79 Å². The highest BCUT2D eigenvalue weighted by molar-refractivity contribution is 5.71. The molecule has 0 amide bonds. The first kappa shape index (κ1) is 12.8. The highest BCUT2D eigenvalue weighted by Gasteiger charge is 2.34. The average molecular weight is 244 g/mol. The van der Waals surface area contributed by atoms with Crippen molar-refractivity contribution >= 4 is 5.97 Å². The summed E-state index contributed by atoms with van der Waals surface area (Å²) in [5, 5.41) is 9.90. The van der Waals surface area contributed by atoms with Crippen molar-refractivity contribution in [3.05, 3.63) is 0 Å². The summed E-state index contributed by atoms with van der Waals surface area (Å²) in [5.41, 5.74) is 0. The van der Waals surface area contributed by atoms with Crippen LogP contribution < -0.4 is 0 Å². The standard InChI is InChI=1S/C12H20O5/c1-12(2)15-7-10(17-12)6-8(13)5-9-3-4-11(14)16-9/h8-10,13H,3-7H2,1-2H3/t8-,9-,10+/m0/s1. The van der Waals surface area contributed by atoms with Gasteiger partial charge in [0, 0.05) is 19.3 Å². The molecule has 0 spiro atoms. The van der Waals surface area contributed by atoms with Gasteiger partial charge in [-0.15, -0.1) is 0 Å². The van der Waals surface area contributed by atoms with Crippen molar-refractivity contribution in [3.8, 4) is 0 Å². The first-order chi connectivity index (χ1) is 7.94. The molecule has 98 valence electrons. The molecule has 2 heterocycles. The molecule has 2 fully saturated rings. The van der Waals surface area contributed by atoms with E-state index < -0.39 is 11.9 Å². The lowest BCUT2D eigenvalue weighted by Gasteiger charge is -2.20. The van der Waals surface area contributed by atoms with Crippen molar-refractivity contribution in [2.75, 3.05) is 6.61 Å². The van der Waals surface area contributed by atoms with Crippen LogP contribution in [0.25, 0.3) is 0 Å². The van der Waals surface area contributed by atoms with Crippen molar-refractivity contribution in [3.63, 3.8) is 0 Å². The Morgan fingerprint density at radius 2 is 2.12 bits per heavy atom. The predicted octanol–water partition coefficient (Wildman–Crippen LogP) is 0.985. The Hall–Kier alpha value is -0.650. The largest absolute Gasteiger partial charge is 0.462 e. The van der Waals surface area contributed by atoms with E-state index in [0.717, 1.165) is 0 Å². The maximum Gasteiger partial charge on any atom is 0.306 e. The number of esters is 1. The fourth-order valence-corrected chi connectivity index (χ4v) is 2.33. The summed E-state index contributed by atoms with van der Waals surface area (Å²) >= 11 is 0. The molecule has 5 heteroatoms. The van der Waals surface area contributed by atoms with Crippen LogP contribution in [-0.4, -0.2) is 41.8 Å². The lowest BCUT2D eigenvalue weighted by molar-refractivity contribution is -0.144. The van der Waals surface area contributed by atoms with Crippen LogP contribution in [0.3, 0.4) is 0 Å². The lowest BCUT2D eigenvalue weighted by atomic mass is 10.0. The van der Waals surface area contributed by atoms with Gasteiger partial charge in [-0.3, -0.25) is 4.79 Å². The molecule has 0 bridgehead atoms. The van der Waals surface area contributed by atoms with Crippen molar-refractivity contribution in [1.82, 2.24) is 0 Å². The van der Waals surface area contributed by atoms with Crippen LogP contribution in [0.5, 0.6) is 0 Å². The number of ether oxygens (including phenoxy) is 3. The lowest BCUT2D eigenvalue weighted by Crippen LogP contribution is -2.26. The molecule has 5 nitrogen and oxygen atoms in total. The fraction of sp³-hybridized carbons (Fsp3) is 0.917. The Labute approximate surface area is 101 Å². The second-order valence-electron chi connectivity index (χ2n) is 5.23. The van der Waals surface area contributed by atoms with Crippen LogP contribution in [0.1, 0.15) is 39.5 Å². The van der Waals surface area contributed by atoms with Gasteiger partial charge in [-0.1, -0.05) is 0 Å². The average Bonchev–Trinajstić information content (AvgIpc) is 2.73. The zero-order valence-corrected chi connectivity index (χ0v) is 10.3. The van der Waals surface area contributed by atoms with Crippen LogP contribution in [0.15, 0.2) is 0 Å². The summed E-state index contributed by atoms with van der Waals surface area (Å²) in [6.45, 7) is 4.23. The number of hydrogen-bond donors (Lipinski definition) is 1. The van der Waals surface area contributed by atoms with Gasteiger partial charge in [-0.05, 0) is 20.3 Å². The Morgan fingerprint density at radius 3 is 2.65 bits per heavy atom. The third-order valence-electron chi connectivity index (χ3n) is 3.11. The molecule has 0 unspecified atom stereocenters. The molecule has 0 radical (unpaired) electrons. The van der Waals surface area contributed by atoms with Gasteiger partial charge in [0.1, 0.15) is 6.10 Å². The van der Waals surface area contributed by atoms with Gasteiger partial charge in [0.05, 0.1) is 18.8 Å². The van der Waals surface area contributed by atoms with E-state index in [-0.39, 0.29) is 18.2 Å². The summed E-state index contributed by atoms with van der Waals surface area (Å²) in [6, 6.07) is 0. The Bertz CT molecular complexity index is 289. The number of aliphatic hydroxyl groups excluding tert-OH is 1. The number of rotatable bonds is 4. The summed E-state index contributed by atoms with van der Waals surface area (Å²) < 4.78 is 16.1. The van der Waals surface area contributed by atoms with E-state index in [0.29, 0.717) is 32.3 Å². The molecule has 0 aliphatic carbocycles. The quantitative estimate of drug-likeness (QED) is 0.747. The van der Waals surface area contributed by atoms with E-state index >= 15 is 0 Å². The SMILES string of the molecule is CC1(C)OC[C@@H](C[C@@H](O)C[C@@H]2CCC(=O)O2)O1. The van der Waals surface area contributed by atoms with E-state index in [1.165, 1.54) is 0 Å². The molecule has 2 aliphatic heterocycles. The molecular formula is C12H20O5. The van der Waals surface area contributed by atoms with Crippen molar-refractivity contribution in [2.45, 2.75) is 63.6 Å². The molecule has 3 atom stereocenters. The fourth-order valence-electron chi connectivity index (χ4n) is 2.33. The molecule has 0 saturated carbocycles. The number of carbonyl (C=O) groups excluding carboxylic acids is 1. The molecule has 0 aromatic carbocycles. The summed E-state index contributed by atoms with van der Waals surface area (Å²) in [7, 11) is 0. The van der Waals surface area contributed by atoms with Crippen LogP contribution in [0, 0.1) is 0 Å². The summed E-state index contributed by atoms with van der Waals surface area (Å²) in [5.74, 6) is -0.715. The minimum atomic E-state index is -0.551. The van der Waals surface area contributed by atoms with Crippen LogP contribution in [0.4, 0.5) is 0 Å². The summed E-state index contributed by atoms with van der Waals surface area (Å²) in [6.07, 6.45) is 1.48. The number of cyclic esters (lactones) is 1. The monoisotopic (exact) mass is 244 g/mol. The smallest absolute Gasteiger partial charge is 0.306 e. The number of hydrogen-bond acceptors (Lipinski definition) is 5. The molecule has 17 heavy (non-hydrogen) atoms. The highest BCUT2D eigenvalue weighted by atomic mass is 16.7. The van der Waals surface area contributed by atoms with Gasteiger partial charge in [-0.2, -0.15) is 0 Å². The Balaban J connectivity index is 1.71. The van der Waals surface area contributed by atoms with E-state index in [2.05, 4.69) is 0 Å². The molecule has 1 N–H and O–H groups in total. The molecule has 2 saturated heterocycles. The van der Waals surface area contributed by atoms with Crippen molar-refractivity contribution in [1.29, 1.82) is 0 Å². The highest BCUT2D eigenvalue weighted by Crippen LogP contribution is 2.26. The van der Waals surface area contributed by atoms with E-state index in [1.807, 2.05) is 13.8 Å². The molecule has 0 aromatic heterocycles. The van der Waals surface area contributed by atoms with E-state index in [9.17, 15) is 9.90 Å². The third kappa shape index (κ3) is 3.66. The Kier molecular flexibility index (Phi) is 3.70. The minimum absolute atomic E-state index is 0.0721. The zero-order chi connectivity index (χ0) is 12.5. The van der Waals surface area contributed by atoms with Gasteiger partial charge in [0.25, 0.3) is 0 Å². The van der Waals surface area contributed by atoms with Gasteiger partial charge < -0.3 is 19.3 Å². The zero-order valence-electron chi connectivity index (χ0n) is 10.3. The topological polar surface area (TPSA) is 65.0 Å².